The third kappa shape index (κ3) is 6.74. The summed E-state index contributed by atoms with van der Waals surface area (Å²) in [6.07, 6.45) is 0.296. The number of hydrogen-bond acceptors (Lipinski definition) is 5. The normalized spacial score (nSPS) is 14.6. The molecule has 0 saturated carbocycles. The molecule has 3 aromatic rings. The standard InChI is InChI=1S/C28H26ClN3O5/c29-32(23-10-5-2-6-11-23)26(34)18-25(33)21-13-15-22(16-14-21)30-27(35)24-12-7-17-31(24)28(36)37-19-20-8-3-1-4-9-20/h1-6,8-11,13-16,24H,7,12,17-19H2,(H,30,35). The van der Waals surface area contributed by atoms with E-state index >= 15 is 0 Å². The molecule has 0 aromatic heterocycles. The van der Waals surface area contributed by atoms with Crippen LogP contribution in [-0.2, 0) is 20.9 Å². The number of carbonyl (C=O) groups is 4. The second kappa shape index (κ2) is 12.2. The average Bonchev–Trinajstić information content (AvgIpc) is 3.43. The van der Waals surface area contributed by atoms with Gasteiger partial charge in [0.25, 0.3) is 0 Å². The molecule has 0 spiro atoms. The molecular formula is C28H26ClN3O5. The molecule has 1 aliphatic rings. The number of para-hydroxylation sites is 1. The number of ketones is 1. The molecule has 1 saturated heterocycles. The Morgan fingerprint density at radius 3 is 2.24 bits per heavy atom. The molecule has 0 bridgehead atoms. The Morgan fingerprint density at radius 1 is 0.919 bits per heavy atom. The molecule has 1 heterocycles. The minimum absolute atomic E-state index is 0.134. The molecule has 190 valence electrons. The van der Waals surface area contributed by atoms with Gasteiger partial charge in [-0.25, -0.2) is 9.21 Å². The van der Waals surface area contributed by atoms with Crippen LogP contribution < -0.4 is 9.74 Å². The van der Waals surface area contributed by atoms with Gasteiger partial charge >= 0.3 is 6.09 Å². The van der Waals surface area contributed by atoms with E-state index in [2.05, 4.69) is 5.32 Å². The van der Waals surface area contributed by atoms with Crippen LogP contribution >= 0.6 is 11.8 Å². The maximum Gasteiger partial charge on any atom is 0.410 e. The van der Waals surface area contributed by atoms with E-state index in [0.29, 0.717) is 36.3 Å². The van der Waals surface area contributed by atoms with Crippen LogP contribution in [0.1, 0.15) is 35.2 Å². The number of rotatable bonds is 8. The zero-order chi connectivity index (χ0) is 26.2. The molecule has 4 rings (SSSR count). The van der Waals surface area contributed by atoms with Crippen molar-refractivity contribution in [3.63, 3.8) is 0 Å². The van der Waals surface area contributed by atoms with Crippen molar-refractivity contribution in [1.82, 2.24) is 4.90 Å². The Hall–Kier alpha value is -4.17. The number of Topliss-reactive ketones (excluding diaryl/α,β-unsaturated/α-hetero) is 1. The van der Waals surface area contributed by atoms with Crippen LogP contribution in [0.25, 0.3) is 0 Å². The van der Waals surface area contributed by atoms with Crippen LogP contribution in [0.2, 0.25) is 0 Å². The topological polar surface area (TPSA) is 96.0 Å². The lowest BCUT2D eigenvalue weighted by molar-refractivity contribution is -0.120. The molecule has 37 heavy (non-hydrogen) atoms. The molecule has 1 aliphatic heterocycles. The average molecular weight is 520 g/mol. The Bertz CT molecular complexity index is 1250. The molecule has 1 unspecified atom stereocenters. The van der Waals surface area contributed by atoms with Crippen LogP contribution in [0.5, 0.6) is 0 Å². The van der Waals surface area contributed by atoms with Gasteiger partial charge in [0, 0.05) is 29.6 Å². The Morgan fingerprint density at radius 2 is 1.57 bits per heavy atom. The Kier molecular flexibility index (Phi) is 8.53. The first-order valence-electron chi connectivity index (χ1n) is 11.9. The predicted octanol–water partition coefficient (Wildman–Crippen LogP) is 5.19. The van der Waals surface area contributed by atoms with Crippen molar-refractivity contribution >= 4 is 46.8 Å². The highest BCUT2D eigenvalue weighted by Crippen LogP contribution is 2.22. The Balaban J connectivity index is 1.30. The van der Waals surface area contributed by atoms with E-state index < -0.39 is 30.2 Å². The molecule has 3 aromatic carbocycles. The molecule has 1 N–H and O–H groups in total. The van der Waals surface area contributed by atoms with E-state index in [1.807, 2.05) is 30.3 Å². The zero-order valence-electron chi connectivity index (χ0n) is 20.0. The van der Waals surface area contributed by atoms with Crippen LogP contribution in [0, 0.1) is 0 Å². The maximum absolute atomic E-state index is 12.9. The summed E-state index contributed by atoms with van der Waals surface area (Å²) in [4.78, 5) is 51.8. The first kappa shape index (κ1) is 25.9. The summed E-state index contributed by atoms with van der Waals surface area (Å²) < 4.78 is 6.31. The summed E-state index contributed by atoms with van der Waals surface area (Å²) >= 11 is 6.07. The minimum atomic E-state index is -0.644. The predicted molar refractivity (Wildman–Crippen MR) is 140 cm³/mol. The number of carbonyl (C=O) groups excluding carboxylic acids is 4. The second-order valence-corrected chi connectivity index (χ2v) is 8.91. The van der Waals surface area contributed by atoms with E-state index in [-0.39, 0.29) is 12.5 Å². The number of nitrogens with one attached hydrogen (secondary N) is 1. The van der Waals surface area contributed by atoms with Crippen molar-refractivity contribution in [3.8, 4) is 0 Å². The van der Waals surface area contributed by atoms with Gasteiger partial charge < -0.3 is 10.1 Å². The Labute approximate surface area is 219 Å². The van der Waals surface area contributed by atoms with Crippen molar-refractivity contribution in [2.75, 3.05) is 16.3 Å². The van der Waals surface area contributed by atoms with E-state index in [4.69, 9.17) is 16.5 Å². The number of ether oxygens (including phenoxy) is 1. The fourth-order valence-corrected chi connectivity index (χ4v) is 4.21. The van der Waals surface area contributed by atoms with Gasteiger partial charge in [-0.2, -0.15) is 0 Å². The van der Waals surface area contributed by atoms with Gasteiger partial charge in [-0.1, -0.05) is 48.5 Å². The van der Waals surface area contributed by atoms with Gasteiger partial charge in [0.05, 0.1) is 12.1 Å². The smallest absolute Gasteiger partial charge is 0.410 e. The quantitative estimate of drug-likeness (QED) is 0.251. The molecule has 1 fully saturated rings. The highest BCUT2D eigenvalue weighted by atomic mass is 35.5. The summed E-state index contributed by atoms with van der Waals surface area (Å²) in [5.74, 6) is -1.27. The lowest BCUT2D eigenvalue weighted by Gasteiger charge is -2.23. The molecule has 3 amide bonds. The second-order valence-electron chi connectivity index (χ2n) is 8.57. The summed E-state index contributed by atoms with van der Waals surface area (Å²) in [6, 6.07) is 23.5. The number of amides is 3. The lowest BCUT2D eigenvalue weighted by Crippen LogP contribution is -2.43. The highest BCUT2D eigenvalue weighted by Gasteiger charge is 2.35. The highest BCUT2D eigenvalue weighted by molar-refractivity contribution is 6.38. The van der Waals surface area contributed by atoms with Crippen molar-refractivity contribution in [2.24, 2.45) is 0 Å². The fourth-order valence-electron chi connectivity index (χ4n) is 4.04. The van der Waals surface area contributed by atoms with Crippen LogP contribution in [-0.4, -0.2) is 41.2 Å². The van der Waals surface area contributed by atoms with Gasteiger partial charge in [-0.05, 0) is 54.8 Å². The fraction of sp³-hybridized carbons (Fsp3) is 0.214. The first-order chi connectivity index (χ1) is 17.9. The van der Waals surface area contributed by atoms with Gasteiger partial charge in [0.15, 0.2) is 5.78 Å². The number of likely N-dealkylation sites (tertiary alicyclic amines) is 1. The maximum atomic E-state index is 12.9. The third-order valence-electron chi connectivity index (χ3n) is 5.98. The summed E-state index contributed by atoms with van der Waals surface area (Å²) in [5, 5.41) is 2.79. The van der Waals surface area contributed by atoms with Crippen molar-refractivity contribution in [2.45, 2.75) is 31.9 Å². The lowest BCUT2D eigenvalue weighted by atomic mass is 10.1. The molecule has 1 atom stereocenters. The van der Waals surface area contributed by atoms with Crippen molar-refractivity contribution in [3.05, 3.63) is 96.1 Å². The van der Waals surface area contributed by atoms with Gasteiger partial charge in [-0.3, -0.25) is 19.3 Å². The molecule has 0 aliphatic carbocycles. The summed E-state index contributed by atoms with van der Waals surface area (Å²) in [6.45, 7) is 0.573. The van der Waals surface area contributed by atoms with Gasteiger partial charge in [0.2, 0.25) is 11.8 Å². The van der Waals surface area contributed by atoms with Crippen LogP contribution in [0.3, 0.4) is 0 Å². The number of anilines is 2. The zero-order valence-corrected chi connectivity index (χ0v) is 20.8. The summed E-state index contributed by atoms with van der Waals surface area (Å²) in [7, 11) is 0. The van der Waals surface area contributed by atoms with Crippen molar-refractivity contribution < 1.29 is 23.9 Å². The van der Waals surface area contributed by atoms with Crippen molar-refractivity contribution in [1.29, 1.82) is 0 Å². The third-order valence-corrected chi connectivity index (χ3v) is 6.37. The number of benzene rings is 3. The first-order valence-corrected chi connectivity index (χ1v) is 12.2. The van der Waals surface area contributed by atoms with E-state index in [1.165, 1.54) is 17.0 Å². The van der Waals surface area contributed by atoms with E-state index in [1.54, 1.807) is 42.5 Å². The SMILES string of the molecule is O=C(CC(=O)N(Cl)c1ccccc1)c1ccc(NC(=O)C2CCCN2C(=O)OCc2ccccc2)cc1. The molecule has 9 heteroatoms. The van der Waals surface area contributed by atoms with E-state index in [0.717, 1.165) is 9.98 Å². The number of nitrogens with zero attached hydrogens (tertiary/aromatic N) is 2. The van der Waals surface area contributed by atoms with Gasteiger partial charge in [-0.15, -0.1) is 0 Å². The van der Waals surface area contributed by atoms with Crippen LogP contribution in [0.15, 0.2) is 84.9 Å². The number of halogens is 1. The molecule has 0 radical (unpaired) electrons. The van der Waals surface area contributed by atoms with Gasteiger partial charge in [0.1, 0.15) is 12.6 Å². The molecular weight excluding hydrogens is 494 g/mol. The van der Waals surface area contributed by atoms with E-state index in [9.17, 15) is 19.2 Å². The largest absolute Gasteiger partial charge is 0.445 e. The summed E-state index contributed by atoms with van der Waals surface area (Å²) in [5.41, 5.74) is 2.13. The monoisotopic (exact) mass is 519 g/mol. The minimum Gasteiger partial charge on any atom is -0.445 e. The van der Waals surface area contributed by atoms with Crippen LogP contribution in [0.4, 0.5) is 16.2 Å². The molecule has 8 nitrogen and oxygen atoms in total. The number of hydrogen-bond donors (Lipinski definition) is 1.